The first kappa shape index (κ1) is 32.5. The van der Waals surface area contributed by atoms with Crippen molar-refractivity contribution in [3.05, 3.63) is 59.9 Å². The van der Waals surface area contributed by atoms with E-state index in [2.05, 4.69) is 34.9 Å². The fourth-order valence-corrected chi connectivity index (χ4v) is 10.6. The molecule has 246 valence electrons. The number of benzene rings is 2. The van der Waals surface area contributed by atoms with Gasteiger partial charge in [-0.3, -0.25) is 4.79 Å². The number of hydrogen-bond donors (Lipinski definition) is 0. The van der Waals surface area contributed by atoms with Gasteiger partial charge in [-0.05, 0) is 125 Å². The molecular weight excluding hydrogens is 589 g/mol. The summed E-state index contributed by atoms with van der Waals surface area (Å²) in [5.41, 5.74) is 1.95. The van der Waals surface area contributed by atoms with E-state index in [1.807, 2.05) is 18.2 Å². The van der Waals surface area contributed by atoms with Crippen LogP contribution < -0.4 is 4.90 Å². The fraction of sp³-hybridized carbons (Fsp3) is 0.639. The molecule has 6 rings (SSSR count). The van der Waals surface area contributed by atoms with Crippen molar-refractivity contribution >= 4 is 21.5 Å². The molecule has 4 aliphatic rings. The van der Waals surface area contributed by atoms with Gasteiger partial charge in [0.05, 0.1) is 17.3 Å². The number of likely N-dealkylation sites (tertiary alicyclic amines) is 1. The summed E-state index contributed by atoms with van der Waals surface area (Å²) in [5.74, 6) is 1.18. The summed E-state index contributed by atoms with van der Waals surface area (Å²) in [5, 5.41) is -0.178. The van der Waals surface area contributed by atoms with Crippen LogP contribution in [0, 0.1) is 29.5 Å². The quantitative estimate of drug-likeness (QED) is 0.289. The zero-order valence-corrected chi connectivity index (χ0v) is 28.0. The number of rotatable bonds is 12. The highest BCUT2D eigenvalue weighted by atomic mass is 32.2. The van der Waals surface area contributed by atoms with E-state index in [0.29, 0.717) is 29.1 Å². The van der Waals surface area contributed by atoms with Gasteiger partial charge in [0.1, 0.15) is 5.82 Å². The molecule has 45 heavy (non-hydrogen) atoms. The summed E-state index contributed by atoms with van der Waals surface area (Å²) in [7, 11) is 2.56. The van der Waals surface area contributed by atoms with E-state index in [1.165, 1.54) is 7.11 Å². The first-order valence-electron chi connectivity index (χ1n) is 16.9. The number of likely N-dealkylation sites (N-methyl/N-ethyl adjacent to an activating group) is 1. The standard InChI is InChI=1S/C36H50FN3O4S/c1-38(2)25-36(29-7-5-8-30(37)21-29,34-9-4-6-27(34)20-35(41)44-3)28-16-18-39(19-17-28)22-26-23-40(24-26)31-10-12-32(13-11-31)45(42,43)33-14-15-33/h5,7-8,10-13,21,26-28,33-34H,4,6,9,14-20,22-25H2,1-3H3/t27-,34+,36+/m1/s1. The van der Waals surface area contributed by atoms with Crippen molar-refractivity contribution in [3.63, 3.8) is 0 Å². The van der Waals surface area contributed by atoms with E-state index >= 15 is 0 Å². The van der Waals surface area contributed by atoms with Crippen molar-refractivity contribution in [3.8, 4) is 0 Å². The number of esters is 1. The van der Waals surface area contributed by atoms with Gasteiger partial charge in [-0.15, -0.1) is 0 Å². The molecule has 7 nitrogen and oxygen atoms in total. The first-order valence-corrected chi connectivity index (χ1v) is 18.4. The summed E-state index contributed by atoms with van der Waals surface area (Å²) < 4.78 is 45.1. The number of methoxy groups -OCH3 is 1. The minimum atomic E-state index is -3.15. The molecule has 3 atom stereocenters. The van der Waals surface area contributed by atoms with E-state index < -0.39 is 9.84 Å². The molecule has 0 bridgehead atoms. The van der Waals surface area contributed by atoms with Gasteiger partial charge in [0, 0.05) is 49.6 Å². The number of carbonyl (C=O) groups excluding carboxylic acids is 1. The molecule has 2 aromatic carbocycles. The van der Waals surface area contributed by atoms with Gasteiger partial charge in [-0.1, -0.05) is 18.6 Å². The van der Waals surface area contributed by atoms with Crippen molar-refractivity contribution in [2.24, 2.45) is 23.7 Å². The number of halogens is 1. The Labute approximate surface area is 269 Å². The maximum atomic E-state index is 14.8. The molecule has 4 fully saturated rings. The lowest BCUT2D eigenvalue weighted by Crippen LogP contribution is -2.56. The second kappa shape index (κ2) is 13.3. The molecule has 2 heterocycles. The van der Waals surface area contributed by atoms with Gasteiger partial charge >= 0.3 is 5.97 Å². The Bertz CT molecular complexity index is 1430. The van der Waals surface area contributed by atoms with Crippen LogP contribution in [0.3, 0.4) is 0 Å². The van der Waals surface area contributed by atoms with Gasteiger partial charge in [0.25, 0.3) is 0 Å². The molecule has 0 radical (unpaired) electrons. The highest BCUT2D eigenvalue weighted by molar-refractivity contribution is 7.92. The minimum Gasteiger partial charge on any atom is -0.469 e. The Morgan fingerprint density at radius 2 is 1.71 bits per heavy atom. The van der Waals surface area contributed by atoms with Crippen molar-refractivity contribution in [1.82, 2.24) is 9.80 Å². The van der Waals surface area contributed by atoms with Crippen LogP contribution in [0.25, 0.3) is 0 Å². The van der Waals surface area contributed by atoms with Crippen LogP contribution in [-0.2, 0) is 24.8 Å². The van der Waals surface area contributed by atoms with E-state index in [-0.39, 0.29) is 28.4 Å². The summed E-state index contributed by atoms with van der Waals surface area (Å²) in [6.45, 7) is 5.91. The third-order valence-electron chi connectivity index (χ3n) is 11.2. The molecule has 0 amide bonds. The number of sulfone groups is 1. The summed E-state index contributed by atoms with van der Waals surface area (Å²) in [6.07, 6.45) is 7.27. The third-order valence-corrected chi connectivity index (χ3v) is 13.5. The second-order valence-electron chi connectivity index (χ2n) is 14.5. The largest absolute Gasteiger partial charge is 0.469 e. The second-order valence-corrected chi connectivity index (χ2v) is 16.7. The van der Waals surface area contributed by atoms with E-state index in [1.54, 1.807) is 24.3 Å². The fourth-order valence-electron chi connectivity index (χ4n) is 8.96. The monoisotopic (exact) mass is 639 g/mol. The Kier molecular flexibility index (Phi) is 9.61. The highest BCUT2D eigenvalue weighted by Gasteiger charge is 2.52. The maximum absolute atomic E-state index is 14.8. The molecule has 0 unspecified atom stereocenters. The molecule has 2 aromatic rings. The van der Waals surface area contributed by atoms with Crippen LogP contribution in [-0.4, -0.2) is 89.9 Å². The number of hydrogen-bond acceptors (Lipinski definition) is 7. The van der Waals surface area contributed by atoms with Gasteiger partial charge in [0.2, 0.25) is 0 Å². The molecule has 0 spiro atoms. The van der Waals surface area contributed by atoms with E-state index in [4.69, 9.17) is 4.74 Å². The van der Waals surface area contributed by atoms with Gasteiger partial charge < -0.3 is 19.4 Å². The summed E-state index contributed by atoms with van der Waals surface area (Å²) in [4.78, 5) is 20.1. The predicted octanol–water partition coefficient (Wildman–Crippen LogP) is 5.39. The SMILES string of the molecule is COC(=O)C[C@H]1CCC[C@@H]1[C@](CN(C)C)(c1cccc(F)c1)C1CCN(CC2CN(c3ccc(S(=O)(=O)C4CC4)cc3)C2)CC1. The Morgan fingerprint density at radius 1 is 1.00 bits per heavy atom. The highest BCUT2D eigenvalue weighted by Crippen LogP contribution is 2.54. The number of piperidine rings is 1. The molecular formula is C36H50FN3O4S. The molecule has 2 saturated heterocycles. The maximum Gasteiger partial charge on any atom is 0.305 e. The number of ether oxygens (including phenoxy) is 1. The van der Waals surface area contributed by atoms with Crippen molar-refractivity contribution in [2.45, 2.75) is 66.9 Å². The lowest BCUT2D eigenvalue weighted by molar-refractivity contribution is -0.142. The van der Waals surface area contributed by atoms with Crippen LogP contribution >= 0.6 is 0 Å². The Morgan fingerprint density at radius 3 is 2.33 bits per heavy atom. The van der Waals surface area contributed by atoms with Crippen LogP contribution in [0.1, 0.15) is 56.9 Å². The smallest absolute Gasteiger partial charge is 0.305 e. The molecule has 2 aliphatic carbocycles. The first-order chi connectivity index (χ1) is 21.6. The van der Waals surface area contributed by atoms with Crippen molar-refractivity contribution in [1.29, 1.82) is 0 Å². The van der Waals surface area contributed by atoms with Crippen LogP contribution in [0.2, 0.25) is 0 Å². The van der Waals surface area contributed by atoms with Crippen molar-refractivity contribution < 1.29 is 22.3 Å². The summed E-state index contributed by atoms with van der Waals surface area (Å²) in [6, 6.07) is 14.8. The summed E-state index contributed by atoms with van der Waals surface area (Å²) >= 11 is 0. The molecule has 0 aromatic heterocycles. The predicted molar refractivity (Wildman–Crippen MR) is 176 cm³/mol. The zero-order chi connectivity index (χ0) is 31.8. The Hall–Kier alpha value is -2.49. The van der Waals surface area contributed by atoms with Crippen LogP contribution in [0.4, 0.5) is 10.1 Å². The van der Waals surface area contributed by atoms with Crippen LogP contribution in [0.5, 0.6) is 0 Å². The van der Waals surface area contributed by atoms with E-state index in [0.717, 1.165) is 95.5 Å². The lowest BCUT2D eigenvalue weighted by atomic mass is 9.56. The topological polar surface area (TPSA) is 70.2 Å². The normalized spacial score (nSPS) is 24.9. The molecule has 0 N–H and O–H groups in total. The van der Waals surface area contributed by atoms with Gasteiger partial charge in [-0.2, -0.15) is 0 Å². The van der Waals surface area contributed by atoms with E-state index in [9.17, 15) is 17.6 Å². The number of carbonyl (C=O) groups is 1. The zero-order valence-electron chi connectivity index (χ0n) is 27.2. The third kappa shape index (κ3) is 6.82. The lowest BCUT2D eigenvalue weighted by Gasteiger charge is -2.52. The average Bonchev–Trinajstić information content (AvgIpc) is 3.78. The number of nitrogens with zero attached hydrogens (tertiary/aromatic N) is 3. The van der Waals surface area contributed by atoms with Crippen molar-refractivity contribution in [2.75, 3.05) is 65.4 Å². The average molecular weight is 640 g/mol. The Balaban J connectivity index is 1.12. The molecule has 2 saturated carbocycles. The van der Waals surface area contributed by atoms with Gasteiger partial charge in [-0.25, -0.2) is 12.8 Å². The van der Waals surface area contributed by atoms with Gasteiger partial charge in [0.15, 0.2) is 9.84 Å². The van der Waals surface area contributed by atoms with Crippen LogP contribution in [0.15, 0.2) is 53.4 Å². The number of anilines is 1. The molecule has 2 aliphatic heterocycles. The molecule has 9 heteroatoms. The minimum absolute atomic E-state index is 0.145.